The van der Waals surface area contributed by atoms with Crippen LogP contribution in [0.15, 0.2) is 24.3 Å². The van der Waals surface area contributed by atoms with Crippen LogP contribution in [-0.4, -0.2) is 34.2 Å². The molecule has 0 atom stereocenters. The van der Waals surface area contributed by atoms with Crippen molar-refractivity contribution in [2.75, 3.05) is 27.9 Å². The monoisotopic (exact) mass is 330 g/mol. The summed E-state index contributed by atoms with van der Waals surface area (Å²) in [4.78, 5) is 11.8. The Morgan fingerprint density at radius 3 is 2.12 bits per heavy atom. The average molecular weight is 330 g/mol. The van der Waals surface area contributed by atoms with Gasteiger partial charge in [-0.3, -0.25) is 4.79 Å². The van der Waals surface area contributed by atoms with Crippen molar-refractivity contribution >= 4 is 6.29 Å². The van der Waals surface area contributed by atoms with Gasteiger partial charge in [0.05, 0.1) is 27.9 Å². The molecule has 2 rings (SSSR count). The molecular formula is C19H22O5. The van der Waals surface area contributed by atoms with E-state index in [0.717, 1.165) is 11.8 Å². The molecule has 24 heavy (non-hydrogen) atoms. The number of hydrogen-bond donors (Lipinski definition) is 0. The topological polar surface area (TPSA) is 54.0 Å². The third-order valence-corrected chi connectivity index (χ3v) is 3.84. The second kappa shape index (κ2) is 7.73. The van der Waals surface area contributed by atoms with Crippen LogP contribution < -0.4 is 18.9 Å². The maximum absolute atomic E-state index is 11.8. The number of ether oxygens (including phenoxy) is 4. The number of rotatable bonds is 7. The van der Waals surface area contributed by atoms with Crippen LogP contribution in [0.25, 0.3) is 11.1 Å². The van der Waals surface area contributed by atoms with Crippen LogP contribution in [0.5, 0.6) is 23.0 Å². The summed E-state index contributed by atoms with van der Waals surface area (Å²) in [7, 11) is 4.61. The molecule has 0 aliphatic rings. The number of carbonyl (C=O) groups is 1. The second-order valence-corrected chi connectivity index (χ2v) is 5.06. The molecule has 0 fully saturated rings. The smallest absolute Gasteiger partial charge is 0.204 e. The molecule has 5 heteroatoms. The van der Waals surface area contributed by atoms with Gasteiger partial charge < -0.3 is 18.9 Å². The molecule has 0 unspecified atom stereocenters. The zero-order valence-electron chi connectivity index (χ0n) is 14.6. The molecule has 0 amide bonds. The first-order valence-corrected chi connectivity index (χ1v) is 7.64. The lowest BCUT2D eigenvalue weighted by Crippen LogP contribution is -2.05. The summed E-state index contributed by atoms with van der Waals surface area (Å²) in [6.45, 7) is 4.24. The fraction of sp³-hybridized carbons (Fsp3) is 0.316. The first-order valence-electron chi connectivity index (χ1n) is 7.64. The number of methoxy groups -OCH3 is 3. The highest BCUT2D eigenvalue weighted by Gasteiger charge is 2.26. The molecule has 0 aromatic heterocycles. The average Bonchev–Trinajstić information content (AvgIpc) is 2.61. The molecule has 0 N–H and O–H groups in total. The van der Waals surface area contributed by atoms with Gasteiger partial charge in [-0.25, -0.2) is 0 Å². The molecule has 0 aliphatic heterocycles. The van der Waals surface area contributed by atoms with Crippen LogP contribution in [0.3, 0.4) is 0 Å². The van der Waals surface area contributed by atoms with Gasteiger partial charge in [0, 0.05) is 22.3 Å². The maximum Gasteiger partial charge on any atom is 0.204 e. The van der Waals surface area contributed by atoms with E-state index in [1.807, 2.05) is 38.1 Å². The van der Waals surface area contributed by atoms with Gasteiger partial charge in [0.15, 0.2) is 17.8 Å². The van der Waals surface area contributed by atoms with Crippen molar-refractivity contribution in [2.24, 2.45) is 0 Å². The van der Waals surface area contributed by atoms with Crippen molar-refractivity contribution in [3.05, 3.63) is 35.4 Å². The summed E-state index contributed by atoms with van der Waals surface area (Å²) in [5, 5.41) is 0. The van der Waals surface area contributed by atoms with Crippen molar-refractivity contribution in [1.82, 2.24) is 0 Å². The van der Waals surface area contributed by atoms with E-state index in [-0.39, 0.29) is 0 Å². The lowest BCUT2D eigenvalue weighted by atomic mass is 9.93. The molecule has 0 heterocycles. The van der Waals surface area contributed by atoms with Gasteiger partial charge in [0.1, 0.15) is 5.75 Å². The van der Waals surface area contributed by atoms with Crippen molar-refractivity contribution in [3.8, 4) is 34.1 Å². The highest BCUT2D eigenvalue weighted by atomic mass is 16.5. The fourth-order valence-corrected chi connectivity index (χ4v) is 2.81. The Morgan fingerprint density at radius 2 is 1.58 bits per heavy atom. The quantitative estimate of drug-likeness (QED) is 0.721. The van der Waals surface area contributed by atoms with Crippen LogP contribution in [0.4, 0.5) is 0 Å². The summed E-state index contributed by atoms with van der Waals surface area (Å²) in [5.41, 5.74) is 2.57. The number of aldehydes is 1. The highest BCUT2D eigenvalue weighted by molar-refractivity contribution is 5.97. The van der Waals surface area contributed by atoms with Crippen molar-refractivity contribution in [3.63, 3.8) is 0 Å². The Balaban J connectivity index is 2.92. The predicted octanol–water partition coefficient (Wildman–Crippen LogP) is 3.90. The van der Waals surface area contributed by atoms with Crippen LogP contribution in [-0.2, 0) is 0 Å². The number of benzene rings is 2. The van der Waals surface area contributed by atoms with Gasteiger partial charge in [-0.2, -0.15) is 0 Å². The van der Waals surface area contributed by atoms with Crippen LogP contribution in [0, 0.1) is 6.92 Å². The first-order chi connectivity index (χ1) is 11.6. The molecular weight excluding hydrogens is 308 g/mol. The van der Waals surface area contributed by atoms with Gasteiger partial charge in [-0.15, -0.1) is 0 Å². The third-order valence-electron chi connectivity index (χ3n) is 3.84. The summed E-state index contributed by atoms with van der Waals surface area (Å²) in [6, 6.07) is 7.52. The lowest BCUT2D eigenvalue weighted by molar-refractivity contribution is 0.112. The Hall–Kier alpha value is -2.69. The van der Waals surface area contributed by atoms with E-state index in [4.69, 9.17) is 18.9 Å². The first kappa shape index (κ1) is 17.7. The zero-order chi connectivity index (χ0) is 17.7. The second-order valence-electron chi connectivity index (χ2n) is 5.06. The van der Waals surface area contributed by atoms with Gasteiger partial charge in [-0.1, -0.05) is 18.2 Å². The van der Waals surface area contributed by atoms with E-state index in [9.17, 15) is 4.79 Å². The zero-order valence-corrected chi connectivity index (χ0v) is 14.6. The van der Waals surface area contributed by atoms with Crippen molar-refractivity contribution in [2.45, 2.75) is 13.8 Å². The molecule has 0 saturated carbocycles. The molecule has 0 saturated heterocycles. The molecule has 2 aromatic carbocycles. The third kappa shape index (κ3) is 2.89. The summed E-state index contributed by atoms with van der Waals surface area (Å²) in [5.74, 6) is 2.04. The summed E-state index contributed by atoms with van der Waals surface area (Å²) in [6.07, 6.45) is 0.803. The van der Waals surface area contributed by atoms with E-state index in [0.29, 0.717) is 46.3 Å². The van der Waals surface area contributed by atoms with Gasteiger partial charge in [0.2, 0.25) is 5.75 Å². The Labute approximate surface area is 142 Å². The Kier molecular flexibility index (Phi) is 5.68. The minimum Gasteiger partial charge on any atom is -0.493 e. The number of para-hydroxylation sites is 1. The van der Waals surface area contributed by atoms with Gasteiger partial charge >= 0.3 is 0 Å². The maximum atomic E-state index is 11.8. The number of hydrogen-bond acceptors (Lipinski definition) is 5. The SMILES string of the molecule is CCOc1ccccc1-c1c(C=O)c(C)c(OC)c(OC)c1OC. The Morgan fingerprint density at radius 1 is 0.958 bits per heavy atom. The molecule has 0 radical (unpaired) electrons. The van der Waals surface area contributed by atoms with E-state index in [1.54, 1.807) is 7.11 Å². The van der Waals surface area contributed by atoms with Crippen LogP contribution in [0.2, 0.25) is 0 Å². The minimum atomic E-state index is 0.439. The molecule has 0 bridgehead atoms. The Bertz CT molecular complexity index is 737. The van der Waals surface area contributed by atoms with Crippen molar-refractivity contribution in [1.29, 1.82) is 0 Å². The standard InChI is InChI=1S/C19H22O5/c1-6-24-15-10-8-7-9-13(15)16-14(11-20)12(2)17(21-3)19(23-5)18(16)22-4/h7-11H,6H2,1-5H3. The predicted molar refractivity (Wildman–Crippen MR) is 92.8 cm³/mol. The van der Waals surface area contributed by atoms with Gasteiger partial charge in [-0.05, 0) is 19.9 Å². The van der Waals surface area contributed by atoms with Gasteiger partial charge in [0.25, 0.3) is 0 Å². The largest absolute Gasteiger partial charge is 0.493 e. The van der Waals surface area contributed by atoms with E-state index < -0.39 is 0 Å². The lowest BCUT2D eigenvalue weighted by Gasteiger charge is -2.21. The molecule has 5 nitrogen and oxygen atoms in total. The van der Waals surface area contributed by atoms with E-state index in [1.165, 1.54) is 14.2 Å². The molecule has 0 spiro atoms. The van der Waals surface area contributed by atoms with E-state index >= 15 is 0 Å². The normalized spacial score (nSPS) is 10.2. The molecule has 0 aliphatic carbocycles. The highest BCUT2D eigenvalue weighted by Crippen LogP contribution is 2.50. The van der Waals surface area contributed by atoms with Crippen LogP contribution in [0.1, 0.15) is 22.8 Å². The fourth-order valence-electron chi connectivity index (χ4n) is 2.81. The van der Waals surface area contributed by atoms with Crippen molar-refractivity contribution < 1.29 is 23.7 Å². The van der Waals surface area contributed by atoms with E-state index in [2.05, 4.69) is 0 Å². The summed E-state index contributed by atoms with van der Waals surface area (Å²) < 4.78 is 22.2. The molecule has 128 valence electrons. The number of carbonyl (C=O) groups excluding carboxylic acids is 1. The molecule has 2 aromatic rings. The van der Waals surface area contributed by atoms with Crippen LogP contribution >= 0.6 is 0 Å². The minimum absolute atomic E-state index is 0.439. The summed E-state index contributed by atoms with van der Waals surface area (Å²) >= 11 is 0.